The fourth-order valence-electron chi connectivity index (χ4n) is 3.92. The lowest BCUT2D eigenvalue weighted by molar-refractivity contribution is 0.578. The van der Waals surface area contributed by atoms with Crippen LogP contribution in [-0.2, 0) is 12.8 Å². The van der Waals surface area contributed by atoms with Gasteiger partial charge in [0.25, 0.3) is 0 Å². The molecule has 0 N–H and O–H groups in total. The SMILES string of the molecule is Cc1nnc2n1-c1sc3c(c1C(c1c(F)cccc1F)=N[C@H]2C)CCC3. The highest BCUT2D eigenvalue weighted by atomic mass is 32.1. The summed E-state index contributed by atoms with van der Waals surface area (Å²) in [5, 5.41) is 9.41. The van der Waals surface area contributed by atoms with Gasteiger partial charge in [0, 0.05) is 10.4 Å². The second-order valence-corrected chi connectivity index (χ2v) is 7.81. The van der Waals surface area contributed by atoms with E-state index in [2.05, 4.69) is 10.2 Å². The van der Waals surface area contributed by atoms with Crippen molar-refractivity contribution in [2.75, 3.05) is 0 Å². The number of aryl methyl sites for hydroxylation is 2. The van der Waals surface area contributed by atoms with Crippen molar-refractivity contribution in [1.82, 2.24) is 14.8 Å². The zero-order chi connectivity index (χ0) is 18.0. The fourth-order valence-corrected chi connectivity index (χ4v) is 5.37. The van der Waals surface area contributed by atoms with E-state index in [4.69, 9.17) is 4.99 Å². The van der Waals surface area contributed by atoms with Crippen molar-refractivity contribution in [3.8, 4) is 5.00 Å². The Bertz CT molecular complexity index is 1060. The maximum Gasteiger partial charge on any atom is 0.162 e. The van der Waals surface area contributed by atoms with Gasteiger partial charge in [-0.05, 0) is 50.8 Å². The minimum absolute atomic E-state index is 0.0514. The lowest BCUT2D eigenvalue weighted by Gasteiger charge is -2.11. The van der Waals surface area contributed by atoms with Crippen molar-refractivity contribution in [2.24, 2.45) is 4.99 Å². The molecule has 3 heterocycles. The van der Waals surface area contributed by atoms with Crippen LogP contribution in [0.5, 0.6) is 0 Å². The molecule has 26 heavy (non-hydrogen) atoms. The number of aliphatic imine (C=N–C) groups is 1. The zero-order valence-electron chi connectivity index (χ0n) is 14.4. The van der Waals surface area contributed by atoms with Gasteiger partial charge in [-0.2, -0.15) is 0 Å². The molecule has 1 aromatic carbocycles. The first kappa shape index (κ1) is 15.8. The van der Waals surface area contributed by atoms with Gasteiger partial charge < -0.3 is 0 Å². The van der Waals surface area contributed by atoms with E-state index in [1.807, 2.05) is 18.4 Å². The molecule has 132 valence electrons. The smallest absolute Gasteiger partial charge is 0.162 e. The quantitative estimate of drug-likeness (QED) is 0.640. The van der Waals surface area contributed by atoms with Gasteiger partial charge in [-0.15, -0.1) is 21.5 Å². The molecule has 0 saturated carbocycles. The van der Waals surface area contributed by atoms with Crippen LogP contribution in [0.25, 0.3) is 5.00 Å². The van der Waals surface area contributed by atoms with E-state index in [1.54, 1.807) is 11.3 Å². The number of hydrogen-bond donors (Lipinski definition) is 0. The molecule has 2 aromatic heterocycles. The van der Waals surface area contributed by atoms with Gasteiger partial charge in [-0.1, -0.05) is 6.07 Å². The Morgan fingerprint density at radius 3 is 2.65 bits per heavy atom. The summed E-state index contributed by atoms with van der Waals surface area (Å²) in [6, 6.07) is 3.61. The molecule has 1 atom stereocenters. The predicted octanol–water partition coefficient (Wildman–Crippen LogP) is 4.32. The van der Waals surface area contributed by atoms with Crippen molar-refractivity contribution in [1.29, 1.82) is 0 Å². The summed E-state index contributed by atoms with van der Waals surface area (Å²) in [6.07, 6.45) is 2.96. The Morgan fingerprint density at radius 1 is 1.12 bits per heavy atom. The van der Waals surface area contributed by atoms with Crippen LogP contribution in [0.3, 0.4) is 0 Å². The van der Waals surface area contributed by atoms with Gasteiger partial charge in [0.05, 0.1) is 11.3 Å². The molecule has 2 aliphatic rings. The minimum Gasteiger partial charge on any atom is -0.273 e. The van der Waals surface area contributed by atoms with E-state index in [0.29, 0.717) is 11.5 Å². The van der Waals surface area contributed by atoms with Gasteiger partial charge in [0.1, 0.15) is 28.5 Å². The Morgan fingerprint density at radius 2 is 1.88 bits per heavy atom. The van der Waals surface area contributed by atoms with Gasteiger partial charge >= 0.3 is 0 Å². The monoisotopic (exact) mass is 370 g/mol. The number of rotatable bonds is 1. The third kappa shape index (κ3) is 2.06. The molecular weight excluding hydrogens is 354 g/mol. The summed E-state index contributed by atoms with van der Waals surface area (Å²) in [6.45, 7) is 3.78. The highest BCUT2D eigenvalue weighted by Crippen LogP contribution is 2.43. The van der Waals surface area contributed by atoms with E-state index in [-0.39, 0.29) is 11.6 Å². The van der Waals surface area contributed by atoms with Gasteiger partial charge in [0.15, 0.2) is 5.82 Å². The van der Waals surface area contributed by atoms with E-state index in [9.17, 15) is 8.78 Å². The van der Waals surface area contributed by atoms with Crippen LogP contribution in [0.4, 0.5) is 8.78 Å². The number of fused-ring (bicyclic) bond motifs is 5. The van der Waals surface area contributed by atoms with Gasteiger partial charge in [0.2, 0.25) is 0 Å². The first-order valence-corrected chi connectivity index (χ1v) is 9.47. The molecule has 0 unspecified atom stereocenters. The van der Waals surface area contributed by atoms with Crippen LogP contribution < -0.4 is 0 Å². The first-order chi connectivity index (χ1) is 12.6. The third-order valence-corrected chi connectivity index (χ3v) is 6.37. The molecule has 3 aromatic rings. The third-order valence-electron chi connectivity index (χ3n) is 5.09. The molecule has 0 fully saturated rings. The van der Waals surface area contributed by atoms with Gasteiger partial charge in [-0.3, -0.25) is 9.56 Å². The molecule has 4 nitrogen and oxygen atoms in total. The normalized spacial score (nSPS) is 18.2. The largest absolute Gasteiger partial charge is 0.273 e. The Balaban J connectivity index is 1.88. The molecular formula is C19H16F2N4S. The molecule has 0 radical (unpaired) electrons. The van der Waals surface area contributed by atoms with Gasteiger partial charge in [-0.25, -0.2) is 8.78 Å². The number of thiophene rings is 1. The number of nitrogens with zero attached hydrogens (tertiary/aromatic N) is 4. The average molecular weight is 370 g/mol. The maximum absolute atomic E-state index is 14.6. The van der Waals surface area contributed by atoms with Crippen LogP contribution in [0.15, 0.2) is 23.2 Å². The van der Waals surface area contributed by atoms with Crippen LogP contribution in [0.2, 0.25) is 0 Å². The van der Waals surface area contributed by atoms with Crippen LogP contribution in [0, 0.1) is 18.6 Å². The summed E-state index contributed by atoms with van der Waals surface area (Å²) in [7, 11) is 0. The zero-order valence-corrected chi connectivity index (χ0v) is 15.2. The molecule has 0 bridgehead atoms. The van der Waals surface area contributed by atoms with Crippen molar-refractivity contribution >= 4 is 17.0 Å². The Kier molecular flexibility index (Phi) is 3.37. The maximum atomic E-state index is 14.6. The second-order valence-electron chi connectivity index (χ2n) is 6.73. The van der Waals surface area contributed by atoms with Crippen molar-refractivity contribution in [3.05, 3.63) is 63.0 Å². The van der Waals surface area contributed by atoms with E-state index < -0.39 is 11.6 Å². The first-order valence-electron chi connectivity index (χ1n) is 8.65. The van der Waals surface area contributed by atoms with Crippen molar-refractivity contribution in [3.63, 3.8) is 0 Å². The molecule has 5 rings (SSSR count). The van der Waals surface area contributed by atoms with Crippen molar-refractivity contribution in [2.45, 2.75) is 39.2 Å². The van der Waals surface area contributed by atoms with Crippen LogP contribution >= 0.6 is 11.3 Å². The lowest BCUT2D eigenvalue weighted by atomic mass is 9.98. The number of benzene rings is 1. The highest BCUT2D eigenvalue weighted by molar-refractivity contribution is 7.15. The standard InChI is InChI=1S/C19H16F2N4S/c1-9-18-24-23-10(2)25(18)19-15(11-5-3-8-14(11)26-19)17(22-9)16-12(20)6-4-7-13(16)21/h4,6-7,9H,3,5,8H2,1-2H3/t9-/m0/s1. The minimum atomic E-state index is -0.589. The summed E-state index contributed by atoms with van der Waals surface area (Å²) < 4.78 is 31.3. The topological polar surface area (TPSA) is 43.1 Å². The van der Waals surface area contributed by atoms with E-state index in [1.165, 1.54) is 28.6 Å². The Hall–Kier alpha value is -2.41. The van der Waals surface area contributed by atoms with Crippen LogP contribution in [0.1, 0.15) is 52.6 Å². The van der Waals surface area contributed by atoms with Crippen molar-refractivity contribution < 1.29 is 8.78 Å². The highest BCUT2D eigenvalue weighted by Gasteiger charge is 2.34. The summed E-state index contributed by atoms with van der Waals surface area (Å²) in [4.78, 5) is 6.00. The number of halogens is 2. The molecule has 0 saturated heterocycles. The Labute approximate surface area is 153 Å². The molecule has 0 amide bonds. The van der Waals surface area contributed by atoms with E-state index >= 15 is 0 Å². The molecule has 1 aliphatic carbocycles. The summed E-state index contributed by atoms with van der Waals surface area (Å²) >= 11 is 1.67. The number of hydrogen-bond acceptors (Lipinski definition) is 4. The van der Waals surface area contributed by atoms with Crippen LogP contribution in [-0.4, -0.2) is 20.5 Å². The predicted molar refractivity (Wildman–Crippen MR) is 96.4 cm³/mol. The molecule has 7 heteroatoms. The second kappa shape index (κ2) is 5.54. The lowest BCUT2D eigenvalue weighted by Crippen LogP contribution is -2.12. The fraction of sp³-hybridized carbons (Fsp3) is 0.316. The number of aromatic nitrogens is 3. The molecule has 0 spiro atoms. The average Bonchev–Trinajstić information content (AvgIpc) is 3.25. The summed E-state index contributed by atoms with van der Waals surface area (Å²) in [5.74, 6) is 0.289. The van der Waals surface area contributed by atoms with E-state index in [0.717, 1.165) is 35.7 Å². The summed E-state index contributed by atoms with van der Waals surface area (Å²) in [5.41, 5.74) is 2.36. The molecule has 1 aliphatic heterocycles.